The molecule has 0 radical (unpaired) electrons. The van der Waals surface area contributed by atoms with Gasteiger partial charge in [0.2, 0.25) is 5.91 Å². The van der Waals surface area contributed by atoms with Gasteiger partial charge < -0.3 is 10.6 Å². The maximum Gasteiger partial charge on any atom is 0.251 e. The van der Waals surface area contributed by atoms with Gasteiger partial charge in [0.05, 0.1) is 0 Å². The van der Waals surface area contributed by atoms with Crippen molar-refractivity contribution in [3.05, 3.63) is 35.2 Å². The van der Waals surface area contributed by atoms with Crippen LogP contribution in [0.15, 0.2) is 38.9 Å². The van der Waals surface area contributed by atoms with Crippen LogP contribution in [0.2, 0.25) is 0 Å². The van der Waals surface area contributed by atoms with Crippen LogP contribution in [0.4, 0.5) is 5.82 Å². The Hall–Kier alpha value is -1.90. The fraction of sp³-hybridized carbons (Fsp3) is 0.607. The lowest BCUT2D eigenvalue weighted by Crippen LogP contribution is -2.62. The summed E-state index contributed by atoms with van der Waals surface area (Å²) in [5.74, 6) is 3.35. The summed E-state index contributed by atoms with van der Waals surface area (Å²) in [5, 5.41) is 7.77. The Morgan fingerprint density at radius 3 is 2.11 bits per heavy atom. The van der Waals surface area contributed by atoms with Crippen molar-refractivity contribution in [3.8, 4) is 0 Å². The number of nitrogens with zero attached hydrogens (tertiary/aromatic N) is 2. The summed E-state index contributed by atoms with van der Waals surface area (Å²) < 4.78 is 0.849. The minimum atomic E-state index is -0.130. The highest BCUT2D eigenvalue weighted by Gasteiger charge is 2.40. The third kappa shape index (κ3) is 6.32. The molecule has 2 amide bonds. The first-order valence-corrected chi connectivity index (χ1v) is 15.2. The van der Waals surface area contributed by atoms with E-state index in [1.165, 1.54) is 42.9 Å². The second-order valence-corrected chi connectivity index (χ2v) is 13.1. The Balaban J connectivity index is 0.000000280. The Labute approximate surface area is 223 Å². The molecule has 0 unspecified atom stereocenters. The number of aromatic nitrogens is 1. The minimum Gasteiger partial charge on any atom is -0.347 e. The number of nitrogens with one attached hydrogen (secondary N) is 2. The van der Waals surface area contributed by atoms with Crippen molar-refractivity contribution in [1.82, 2.24) is 15.2 Å². The number of hydrogen-bond donors (Lipinski definition) is 2. The molecule has 194 valence electrons. The third-order valence-corrected chi connectivity index (χ3v) is 10.5. The van der Waals surface area contributed by atoms with E-state index in [9.17, 15) is 9.59 Å². The Morgan fingerprint density at radius 1 is 0.972 bits per heavy atom. The number of piperidine rings is 3. The van der Waals surface area contributed by atoms with Crippen LogP contribution in [0.5, 0.6) is 0 Å². The van der Waals surface area contributed by atoms with Crippen molar-refractivity contribution >= 4 is 40.7 Å². The summed E-state index contributed by atoms with van der Waals surface area (Å²) in [5.41, 5.74) is 0.686. The summed E-state index contributed by atoms with van der Waals surface area (Å²) in [6, 6.07) is 8.27. The molecule has 6 nitrogen and oxygen atoms in total. The number of fused-ring (bicyclic) bond motifs is 6. The van der Waals surface area contributed by atoms with Gasteiger partial charge in [-0.15, -0.1) is 11.3 Å². The summed E-state index contributed by atoms with van der Waals surface area (Å²) in [4.78, 5) is 31.7. The van der Waals surface area contributed by atoms with Crippen LogP contribution in [0.1, 0.15) is 75.6 Å². The maximum absolute atomic E-state index is 12.7. The Morgan fingerprint density at radius 2 is 1.58 bits per heavy atom. The van der Waals surface area contributed by atoms with Crippen LogP contribution in [0.25, 0.3) is 0 Å². The van der Waals surface area contributed by atoms with E-state index >= 15 is 0 Å². The van der Waals surface area contributed by atoms with Gasteiger partial charge in [-0.1, -0.05) is 50.3 Å². The molecule has 4 bridgehead atoms. The summed E-state index contributed by atoms with van der Waals surface area (Å²) in [6.45, 7) is 6.00. The van der Waals surface area contributed by atoms with Gasteiger partial charge >= 0.3 is 0 Å². The van der Waals surface area contributed by atoms with Gasteiger partial charge in [0.1, 0.15) is 5.82 Å². The second kappa shape index (κ2) is 11.7. The smallest absolute Gasteiger partial charge is 0.251 e. The molecule has 8 rings (SSSR count). The van der Waals surface area contributed by atoms with Crippen LogP contribution >= 0.6 is 23.1 Å². The molecule has 3 aliphatic heterocycles. The topological polar surface area (TPSA) is 74.3 Å². The molecule has 4 heterocycles. The number of amides is 2. The zero-order valence-electron chi connectivity index (χ0n) is 21.4. The second-order valence-electron chi connectivity index (χ2n) is 10.9. The number of rotatable bonds is 5. The molecule has 3 saturated heterocycles. The van der Waals surface area contributed by atoms with Crippen LogP contribution in [0, 0.1) is 17.8 Å². The molecule has 1 aromatic heterocycles. The fourth-order valence-electron chi connectivity index (χ4n) is 6.38. The van der Waals surface area contributed by atoms with Crippen LogP contribution in [-0.4, -0.2) is 46.9 Å². The lowest BCUT2D eigenvalue weighted by Gasteiger charge is -2.49. The van der Waals surface area contributed by atoms with Crippen molar-refractivity contribution in [2.75, 3.05) is 18.4 Å². The highest BCUT2D eigenvalue weighted by molar-refractivity contribution is 8.01. The summed E-state index contributed by atoms with van der Waals surface area (Å²) in [6.07, 6.45) is 11.7. The van der Waals surface area contributed by atoms with E-state index in [1.54, 1.807) is 38.5 Å². The first kappa shape index (κ1) is 25.7. The van der Waals surface area contributed by atoms with Crippen molar-refractivity contribution in [2.45, 2.75) is 86.5 Å². The number of benzene rings is 1. The molecular formula is C28H38N4O2S2. The number of hydrogen-bond acceptors (Lipinski definition) is 6. The van der Waals surface area contributed by atoms with E-state index in [1.807, 2.05) is 29.6 Å². The lowest BCUT2D eigenvalue weighted by atomic mass is 9.71. The Kier molecular flexibility index (Phi) is 8.33. The molecule has 36 heavy (non-hydrogen) atoms. The van der Waals surface area contributed by atoms with E-state index < -0.39 is 0 Å². The van der Waals surface area contributed by atoms with Crippen LogP contribution < -0.4 is 10.6 Å². The summed E-state index contributed by atoms with van der Waals surface area (Å²) >= 11 is 3.00. The normalized spacial score (nSPS) is 30.3. The van der Waals surface area contributed by atoms with Crippen molar-refractivity contribution < 1.29 is 9.59 Å². The quantitative estimate of drug-likeness (QED) is 0.496. The molecule has 2 atom stereocenters. The molecule has 6 aliphatic rings. The number of carbonyl (C=O) groups excluding carboxylic acids is 2. The molecule has 6 fully saturated rings. The van der Waals surface area contributed by atoms with Crippen LogP contribution in [-0.2, 0) is 4.79 Å². The molecular weight excluding hydrogens is 488 g/mol. The zero-order valence-corrected chi connectivity index (χ0v) is 23.0. The van der Waals surface area contributed by atoms with Gasteiger partial charge in [0.25, 0.3) is 5.91 Å². The highest BCUT2D eigenvalue weighted by Crippen LogP contribution is 2.40. The van der Waals surface area contributed by atoms with E-state index in [-0.39, 0.29) is 17.9 Å². The van der Waals surface area contributed by atoms with E-state index in [0.717, 1.165) is 34.2 Å². The average Bonchev–Trinajstić information content (AvgIpc) is 3.34. The molecule has 8 heteroatoms. The molecule has 3 saturated carbocycles. The van der Waals surface area contributed by atoms with Gasteiger partial charge in [-0.25, -0.2) is 4.98 Å². The fourth-order valence-corrected chi connectivity index (χ4v) is 8.10. The Bertz CT molecular complexity index is 1020. The van der Waals surface area contributed by atoms with E-state index in [0.29, 0.717) is 23.3 Å². The first-order chi connectivity index (χ1) is 17.4. The zero-order chi connectivity index (χ0) is 25.1. The van der Waals surface area contributed by atoms with Gasteiger partial charge in [-0.2, -0.15) is 0 Å². The standard InChI is InChI=1S/C20H24N4O2S2.C8H14/c1-12-18(14-7-9-24(12)10-8-14)23-19(26)15-3-5-16(6-4-15)28-20-22-17(11-27-20)21-13(2)25;1-2-8-5-3-7(1)4-6-8/h3-6,11-12,14,18H,7-10H2,1-2H3,(H,21,25)(H,23,26);7-8H,1-6H2/t12-,18-;/m0./s1. The maximum atomic E-state index is 12.7. The number of thiazole rings is 1. The average molecular weight is 527 g/mol. The van der Waals surface area contributed by atoms with Crippen LogP contribution in [0.3, 0.4) is 0 Å². The SMILES string of the molecule is C1CC2CCC1CC2.CC(=O)Nc1csc(Sc2ccc(C(=O)N[C@@H]3C4CCN(CC4)[C@H]3C)cc2)n1. The minimum absolute atomic E-state index is 0.00402. The largest absolute Gasteiger partial charge is 0.347 e. The van der Waals surface area contributed by atoms with Gasteiger partial charge in [-0.3, -0.25) is 14.5 Å². The lowest BCUT2D eigenvalue weighted by molar-refractivity contribution is -0.114. The van der Waals surface area contributed by atoms with E-state index in [4.69, 9.17) is 0 Å². The van der Waals surface area contributed by atoms with Crippen molar-refractivity contribution in [3.63, 3.8) is 0 Å². The van der Waals surface area contributed by atoms with E-state index in [2.05, 4.69) is 27.4 Å². The molecule has 2 aromatic rings. The first-order valence-electron chi connectivity index (χ1n) is 13.5. The van der Waals surface area contributed by atoms with Gasteiger partial charge in [-0.05, 0) is 74.9 Å². The molecule has 2 N–H and O–H groups in total. The molecule has 0 spiro atoms. The van der Waals surface area contributed by atoms with Gasteiger partial charge in [0, 0.05) is 34.8 Å². The molecule has 1 aromatic carbocycles. The highest BCUT2D eigenvalue weighted by atomic mass is 32.2. The number of anilines is 1. The third-order valence-electron chi connectivity index (χ3n) is 8.53. The monoisotopic (exact) mass is 526 g/mol. The van der Waals surface area contributed by atoms with Crippen molar-refractivity contribution in [2.24, 2.45) is 17.8 Å². The predicted molar refractivity (Wildman–Crippen MR) is 147 cm³/mol. The predicted octanol–water partition coefficient (Wildman–Crippen LogP) is 6.05. The molecule has 3 aliphatic carbocycles. The summed E-state index contributed by atoms with van der Waals surface area (Å²) in [7, 11) is 0. The van der Waals surface area contributed by atoms with Crippen molar-refractivity contribution in [1.29, 1.82) is 0 Å². The number of carbonyl (C=O) groups is 2. The van der Waals surface area contributed by atoms with Gasteiger partial charge in [0.15, 0.2) is 4.34 Å².